The van der Waals surface area contributed by atoms with Crippen LogP contribution in [0.2, 0.25) is 0 Å². The molecule has 0 amide bonds. The number of halogens is 3. The Morgan fingerprint density at radius 2 is 2.05 bits per heavy atom. The summed E-state index contributed by atoms with van der Waals surface area (Å²) in [5.41, 5.74) is 6.54. The number of thiazole rings is 1. The molecule has 0 radical (unpaired) electrons. The van der Waals surface area contributed by atoms with E-state index in [2.05, 4.69) is 9.88 Å². The number of hydrogen-bond donors (Lipinski definition) is 1. The van der Waals surface area contributed by atoms with Crippen molar-refractivity contribution in [2.75, 3.05) is 13.6 Å². The number of aryl methyl sites for hydroxylation is 1. The predicted molar refractivity (Wildman–Crippen MR) is 78.1 cm³/mol. The van der Waals surface area contributed by atoms with Gasteiger partial charge in [-0.05, 0) is 39.7 Å². The molecule has 2 N–H and O–H groups in total. The maximum Gasteiger partial charge on any atom is 0.391 e. The third-order valence-electron chi connectivity index (χ3n) is 4.63. The Balaban J connectivity index is 2.02. The van der Waals surface area contributed by atoms with Crippen LogP contribution in [-0.2, 0) is 6.54 Å². The van der Waals surface area contributed by atoms with Gasteiger partial charge in [0.15, 0.2) is 0 Å². The van der Waals surface area contributed by atoms with Crippen LogP contribution in [0.3, 0.4) is 0 Å². The lowest BCUT2D eigenvalue weighted by Gasteiger charge is -2.46. The number of rotatable bonds is 4. The van der Waals surface area contributed by atoms with E-state index < -0.39 is 12.1 Å². The number of aromatic nitrogens is 1. The number of hydrogen-bond acceptors (Lipinski definition) is 4. The van der Waals surface area contributed by atoms with Gasteiger partial charge in [0.25, 0.3) is 0 Å². The van der Waals surface area contributed by atoms with Crippen molar-refractivity contribution in [2.45, 2.75) is 50.9 Å². The Kier molecular flexibility index (Phi) is 4.95. The van der Waals surface area contributed by atoms with Gasteiger partial charge in [-0.3, -0.25) is 4.90 Å². The summed E-state index contributed by atoms with van der Waals surface area (Å²) >= 11 is 1.59. The Bertz CT molecular complexity index is 464. The molecule has 0 bridgehead atoms. The molecule has 1 aromatic rings. The quantitative estimate of drug-likeness (QED) is 0.925. The van der Waals surface area contributed by atoms with Crippen LogP contribution in [0.15, 0.2) is 5.38 Å². The molecule has 2 rings (SSSR count). The fourth-order valence-electron chi connectivity index (χ4n) is 3.12. The summed E-state index contributed by atoms with van der Waals surface area (Å²) in [6.45, 7) is 2.97. The highest BCUT2D eigenvalue weighted by atomic mass is 32.1. The van der Waals surface area contributed by atoms with Gasteiger partial charge in [0, 0.05) is 24.0 Å². The molecule has 7 heteroatoms. The van der Waals surface area contributed by atoms with Crippen LogP contribution in [0.4, 0.5) is 13.2 Å². The number of likely N-dealkylation sites (N-methyl/N-ethyl adjacent to an activating group) is 1. The van der Waals surface area contributed by atoms with E-state index in [9.17, 15) is 13.2 Å². The molecular formula is C14H22F3N3S. The van der Waals surface area contributed by atoms with Crippen LogP contribution < -0.4 is 5.73 Å². The van der Waals surface area contributed by atoms with Crippen molar-refractivity contribution in [3.05, 3.63) is 16.1 Å². The van der Waals surface area contributed by atoms with Crippen molar-refractivity contribution in [1.29, 1.82) is 0 Å². The lowest BCUT2D eigenvalue weighted by molar-refractivity contribution is -0.188. The van der Waals surface area contributed by atoms with E-state index in [-0.39, 0.29) is 18.4 Å². The van der Waals surface area contributed by atoms with Crippen LogP contribution in [-0.4, -0.2) is 35.2 Å². The summed E-state index contributed by atoms with van der Waals surface area (Å²) in [6.07, 6.45) is -2.76. The van der Waals surface area contributed by atoms with Gasteiger partial charge >= 0.3 is 6.18 Å². The van der Waals surface area contributed by atoms with Crippen molar-refractivity contribution in [2.24, 2.45) is 11.7 Å². The Morgan fingerprint density at radius 3 is 2.48 bits per heavy atom. The molecule has 1 saturated carbocycles. The van der Waals surface area contributed by atoms with E-state index in [0.29, 0.717) is 25.9 Å². The third kappa shape index (κ3) is 3.76. The molecule has 0 aliphatic heterocycles. The van der Waals surface area contributed by atoms with Gasteiger partial charge in [0.05, 0.1) is 16.6 Å². The minimum atomic E-state index is -4.08. The number of nitrogens with zero attached hydrogens (tertiary/aromatic N) is 2. The second-order valence-corrected chi connectivity index (χ2v) is 7.02. The average Bonchev–Trinajstić information content (AvgIpc) is 2.83. The van der Waals surface area contributed by atoms with Crippen LogP contribution in [0.25, 0.3) is 0 Å². The fourth-order valence-corrected chi connectivity index (χ4v) is 3.72. The number of nitrogens with two attached hydrogens (primary N) is 1. The molecule has 1 heterocycles. The van der Waals surface area contributed by atoms with Crippen molar-refractivity contribution in [1.82, 2.24) is 9.88 Å². The summed E-state index contributed by atoms with van der Waals surface area (Å²) in [6, 6.07) is 0. The SMILES string of the molecule is Cc1nc(CN(C)C2(CN)CCC(C(F)(F)F)CC2)cs1. The molecule has 120 valence electrons. The van der Waals surface area contributed by atoms with Gasteiger partial charge in [0.1, 0.15) is 0 Å². The lowest BCUT2D eigenvalue weighted by Crippen LogP contribution is -2.54. The molecule has 1 aromatic heterocycles. The van der Waals surface area contributed by atoms with Crippen LogP contribution in [0, 0.1) is 12.8 Å². The molecule has 1 aliphatic carbocycles. The first kappa shape index (κ1) is 16.7. The molecule has 0 saturated heterocycles. The first-order valence-corrected chi connectivity index (χ1v) is 8.04. The van der Waals surface area contributed by atoms with Crippen molar-refractivity contribution < 1.29 is 13.2 Å². The van der Waals surface area contributed by atoms with Crippen LogP contribution in [0.5, 0.6) is 0 Å². The van der Waals surface area contributed by atoms with Gasteiger partial charge in [-0.1, -0.05) is 0 Å². The van der Waals surface area contributed by atoms with E-state index in [1.54, 1.807) is 11.3 Å². The Hall–Kier alpha value is -0.660. The molecule has 0 unspecified atom stereocenters. The maximum absolute atomic E-state index is 12.8. The zero-order valence-electron chi connectivity index (χ0n) is 12.4. The zero-order chi connectivity index (χ0) is 15.7. The second-order valence-electron chi connectivity index (χ2n) is 5.96. The molecule has 0 atom stereocenters. The van der Waals surface area contributed by atoms with E-state index in [1.165, 1.54) is 0 Å². The Labute approximate surface area is 127 Å². The van der Waals surface area contributed by atoms with E-state index in [1.807, 2.05) is 19.4 Å². The fraction of sp³-hybridized carbons (Fsp3) is 0.786. The molecule has 0 spiro atoms. The molecule has 1 aliphatic rings. The van der Waals surface area contributed by atoms with E-state index >= 15 is 0 Å². The van der Waals surface area contributed by atoms with Crippen LogP contribution >= 0.6 is 11.3 Å². The molecule has 1 fully saturated rings. The zero-order valence-corrected chi connectivity index (χ0v) is 13.2. The first-order chi connectivity index (χ1) is 9.77. The normalized spacial score (nSPS) is 27.3. The summed E-state index contributed by atoms with van der Waals surface area (Å²) in [5.74, 6) is -1.17. The number of alkyl halides is 3. The molecule has 3 nitrogen and oxygen atoms in total. The monoisotopic (exact) mass is 321 g/mol. The third-order valence-corrected chi connectivity index (χ3v) is 5.46. The van der Waals surface area contributed by atoms with E-state index in [0.717, 1.165) is 10.7 Å². The van der Waals surface area contributed by atoms with E-state index in [4.69, 9.17) is 5.73 Å². The second kappa shape index (κ2) is 6.22. The topological polar surface area (TPSA) is 42.2 Å². The minimum absolute atomic E-state index is 0.168. The summed E-state index contributed by atoms with van der Waals surface area (Å²) in [7, 11) is 1.94. The predicted octanol–water partition coefficient (Wildman–Crippen LogP) is 3.33. The summed E-state index contributed by atoms with van der Waals surface area (Å²) in [4.78, 5) is 6.51. The van der Waals surface area contributed by atoms with Gasteiger partial charge in [0.2, 0.25) is 0 Å². The Morgan fingerprint density at radius 1 is 1.43 bits per heavy atom. The highest BCUT2D eigenvalue weighted by Crippen LogP contribution is 2.43. The maximum atomic E-state index is 12.8. The summed E-state index contributed by atoms with van der Waals surface area (Å²) < 4.78 is 38.4. The van der Waals surface area contributed by atoms with Gasteiger partial charge in [-0.2, -0.15) is 13.2 Å². The molecule has 21 heavy (non-hydrogen) atoms. The highest BCUT2D eigenvalue weighted by Gasteiger charge is 2.46. The molecule has 0 aromatic carbocycles. The minimum Gasteiger partial charge on any atom is -0.329 e. The smallest absolute Gasteiger partial charge is 0.329 e. The standard InChI is InChI=1S/C14H22F3N3S/c1-10-19-12(8-21-10)7-20(2)13(9-18)5-3-11(4-6-13)14(15,16)17/h8,11H,3-7,9,18H2,1-2H3. The largest absolute Gasteiger partial charge is 0.391 e. The first-order valence-electron chi connectivity index (χ1n) is 7.16. The van der Waals surface area contributed by atoms with Crippen molar-refractivity contribution in [3.8, 4) is 0 Å². The van der Waals surface area contributed by atoms with Gasteiger partial charge < -0.3 is 5.73 Å². The highest BCUT2D eigenvalue weighted by molar-refractivity contribution is 7.09. The van der Waals surface area contributed by atoms with Crippen LogP contribution in [0.1, 0.15) is 36.4 Å². The van der Waals surface area contributed by atoms with Gasteiger partial charge in [-0.15, -0.1) is 11.3 Å². The lowest BCUT2D eigenvalue weighted by atomic mass is 9.75. The van der Waals surface area contributed by atoms with Crippen molar-refractivity contribution >= 4 is 11.3 Å². The summed E-state index contributed by atoms with van der Waals surface area (Å²) in [5, 5.41) is 3.00. The van der Waals surface area contributed by atoms with Gasteiger partial charge in [-0.25, -0.2) is 4.98 Å². The molecular weight excluding hydrogens is 299 g/mol. The van der Waals surface area contributed by atoms with Crippen molar-refractivity contribution in [3.63, 3.8) is 0 Å². The average molecular weight is 321 g/mol.